The van der Waals surface area contributed by atoms with Crippen molar-refractivity contribution in [3.63, 3.8) is 0 Å². The highest BCUT2D eigenvalue weighted by Crippen LogP contribution is 2.60. The minimum absolute atomic E-state index is 0.0162. The minimum Gasteiger partial charge on any atom is -0.438 e. The third-order valence-electron chi connectivity index (χ3n) is 12.5. The summed E-state index contributed by atoms with van der Waals surface area (Å²) in [4.78, 5) is 10.3. The van der Waals surface area contributed by atoms with Crippen LogP contribution in [0.5, 0.6) is 0 Å². The van der Waals surface area contributed by atoms with Crippen LogP contribution in [-0.2, 0) is 10.8 Å². The molecule has 3 aliphatic rings. The average Bonchev–Trinajstić information content (AvgIpc) is 3.78. The van der Waals surface area contributed by atoms with Crippen molar-refractivity contribution in [1.29, 1.82) is 0 Å². The maximum Gasteiger partial charge on any atom is 0.231 e. The number of benzene rings is 6. The Morgan fingerprint density at radius 1 is 0.500 bits per heavy atom. The van der Waals surface area contributed by atoms with Crippen LogP contribution < -0.4 is 0 Å². The lowest BCUT2D eigenvalue weighted by atomic mass is 9.67. The van der Waals surface area contributed by atoms with E-state index in [-0.39, 0.29) is 10.8 Å². The fourth-order valence-electron chi connectivity index (χ4n) is 9.96. The number of furan rings is 1. The normalized spacial score (nSPS) is 16.2. The second-order valence-electron chi connectivity index (χ2n) is 15.6. The molecule has 0 atom stereocenters. The summed E-state index contributed by atoms with van der Waals surface area (Å²) >= 11 is 0. The Balaban J connectivity index is 1.05. The molecule has 0 bridgehead atoms. The van der Waals surface area contributed by atoms with Crippen LogP contribution in [0.3, 0.4) is 0 Å². The van der Waals surface area contributed by atoms with Crippen LogP contribution in [-0.4, -0.2) is 9.97 Å². The van der Waals surface area contributed by atoms with Crippen molar-refractivity contribution < 1.29 is 4.42 Å². The van der Waals surface area contributed by atoms with Crippen molar-refractivity contribution in [3.05, 3.63) is 156 Å². The molecule has 250 valence electrons. The Bertz CT molecular complexity index is 2750. The molecule has 0 N–H and O–H groups in total. The molecule has 0 saturated heterocycles. The predicted molar refractivity (Wildman–Crippen MR) is 212 cm³/mol. The Morgan fingerprint density at radius 3 is 2.06 bits per heavy atom. The van der Waals surface area contributed by atoms with Crippen molar-refractivity contribution in [2.24, 2.45) is 0 Å². The van der Waals surface area contributed by atoms with Gasteiger partial charge in [0, 0.05) is 27.3 Å². The van der Waals surface area contributed by atoms with Gasteiger partial charge in [-0.05, 0) is 98.8 Å². The first kappa shape index (κ1) is 29.9. The van der Waals surface area contributed by atoms with Crippen molar-refractivity contribution in [1.82, 2.24) is 9.97 Å². The van der Waals surface area contributed by atoms with Gasteiger partial charge in [0.05, 0.1) is 11.1 Å². The fourth-order valence-corrected chi connectivity index (χ4v) is 9.96. The van der Waals surface area contributed by atoms with E-state index in [1.807, 2.05) is 24.3 Å². The zero-order chi connectivity index (χ0) is 34.6. The lowest BCUT2D eigenvalue weighted by molar-refractivity contribution is 0.353. The van der Waals surface area contributed by atoms with E-state index in [0.29, 0.717) is 11.5 Å². The molecule has 8 aromatic rings. The highest BCUT2D eigenvalue weighted by Gasteiger charge is 2.46. The summed E-state index contributed by atoms with van der Waals surface area (Å²) in [6.45, 7) is 4.79. The largest absolute Gasteiger partial charge is 0.438 e. The smallest absolute Gasteiger partial charge is 0.231 e. The molecular weight excluding hydrogens is 633 g/mol. The van der Waals surface area contributed by atoms with Gasteiger partial charge in [-0.1, -0.05) is 136 Å². The van der Waals surface area contributed by atoms with Gasteiger partial charge in [0.25, 0.3) is 0 Å². The van der Waals surface area contributed by atoms with Gasteiger partial charge in [-0.3, -0.25) is 0 Å². The van der Waals surface area contributed by atoms with Crippen LogP contribution in [0.15, 0.2) is 138 Å². The van der Waals surface area contributed by atoms with Crippen LogP contribution in [0.25, 0.3) is 78.1 Å². The molecule has 3 aliphatic carbocycles. The van der Waals surface area contributed by atoms with Crippen LogP contribution >= 0.6 is 0 Å². The van der Waals surface area contributed by atoms with E-state index >= 15 is 0 Å². The molecule has 2 aromatic heterocycles. The molecule has 11 rings (SSSR count). The van der Waals surface area contributed by atoms with E-state index in [4.69, 9.17) is 14.4 Å². The zero-order valence-corrected chi connectivity index (χ0v) is 29.5. The summed E-state index contributed by atoms with van der Waals surface area (Å²) in [6.07, 6.45) is 6.25. The molecule has 1 spiro atoms. The summed E-state index contributed by atoms with van der Waals surface area (Å²) < 4.78 is 6.35. The number of hydrogen-bond acceptors (Lipinski definition) is 3. The maximum absolute atomic E-state index is 6.35. The lowest BCUT2D eigenvalue weighted by Crippen LogP contribution is -2.28. The van der Waals surface area contributed by atoms with E-state index in [1.165, 1.54) is 82.2 Å². The van der Waals surface area contributed by atoms with Crippen LogP contribution in [0.4, 0.5) is 0 Å². The third kappa shape index (κ3) is 4.14. The first-order chi connectivity index (χ1) is 25.5. The topological polar surface area (TPSA) is 38.9 Å². The van der Waals surface area contributed by atoms with E-state index in [9.17, 15) is 0 Å². The number of aromatic nitrogens is 2. The SMILES string of the molecule is CC1(C)c2ccccc2-c2cc3c(cc21)-c1ccc(-c2cccc(-c4nc(-c5ccccc5)c5c(n4)oc4ccccc45)c2)cc1C31CCCCC1. The molecular formula is C49H38N2O. The molecule has 3 heteroatoms. The van der Waals surface area contributed by atoms with Crippen LogP contribution in [0.1, 0.15) is 68.2 Å². The second kappa shape index (κ2) is 10.9. The third-order valence-corrected chi connectivity index (χ3v) is 12.5. The molecule has 0 unspecified atom stereocenters. The predicted octanol–water partition coefficient (Wildman–Crippen LogP) is 12.9. The Labute approximate surface area is 304 Å². The summed E-state index contributed by atoms with van der Waals surface area (Å²) in [5.41, 5.74) is 18.4. The quantitative estimate of drug-likeness (QED) is 0.188. The molecule has 1 fully saturated rings. The zero-order valence-electron chi connectivity index (χ0n) is 29.5. The molecule has 1 saturated carbocycles. The highest BCUT2D eigenvalue weighted by molar-refractivity contribution is 6.10. The van der Waals surface area contributed by atoms with Gasteiger partial charge in [0.1, 0.15) is 5.58 Å². The van der Waals surface area contributed by atoms with Crippen molar-refractivity contribution in [2.75, 3.05) is 0 Å². The average molecular weight is 671 g/mol. The molecule has 3 nitrogen and oxygen atoms in total. The van der Waals surface area contributed by atoms with Gasteiger partial charge in [0.2, 0.25) is 5.71 Å². The summed E-state index contributed by atoms with van der Waals surface area (Å²) in [7, 11) is 0. The second-order valence-corrected chi connectivity index (χ2v) is 15.6. The number of rotatable bonds is 3. The van der Waals surface area contributed by atoms with E-state index in [1.54, 1.807) is 5.56 Å². The van der Waals surface area contributed by atoms with Crippen molar-refractivity contribution in [2.45, 2.75) is 56.8 Å². The molecule has 6 aromatic carbocycles. The Hall–Kier alpha value is -5.80. The van der Waals surface area contributed by atoms with Gasteiger partial charge in [-0.25, -0.2) is 4.98 Å². The number of para-hydroxylation sites is 1. The molecule has 0 radical (unpaired) electrons. The Kier molecular flexibility index (Phi) is 6.24. The molecule has 0 aliphatic heterocycles. The van der Waals surface area contributed by atoms with Gasteiger partial charge in [0.15, 0.2) is 5.82 Å². The number of fused-ring (bicyclic) bond motifs is 11. The Morgan fingerprint density at radius 2 is 1.17 bits per heavy atom. The van der Waals surface area contributed by atoms with E-state index in [0.717, 1.165) is 33.2 Å². The van der Waals surface area contributed by atoms with E-state index < -0.39 is 0 Å². The number of hydrogen-bond donors (Lipinski definition) is 0. The van der Waals surface area contributed by atoms with E-state index in [2.05, 4.69) is 123 Å². The van der Waals surface area contributed by atoms with Gasteiger partial charge >= 0.3 is 0 Å². The van der Waals surface area contributed by atoms with Gasteiger partial charge in [-0.2, -0.15) is 4.98 Å². The number of nitrogens with zero attached hydrogens (tertiary/aromatic N) is 2. The monoisotopic (exact) mass is 670 g/mol. The van der Waals surface area contributed by atoms with Crippen molar-refractivity contribution >= 4 is 22.1 Å². The standard InChI is InChI=1S/C49H38N2O/c1-48(2)39-20-9-7-18-34(39)37-29-42-38(28-40(37)48)35-23-22-32(27-41(35)49(42)24-11-4-12-25-49)31-16-13-17-33(26-31)46-50-45(30-14-5-3-6-15-30)44-36-19-8-10-21-43(36)52-47(44)51-46/h3,5-10,13-23,26-29H,4,11-12,24-25H2,1-2H3. The van der Waals surface area contributed by atoms with Gasteiger partial charge in [-0.15, -0.1) is 0 Å². The molecule has 52 heavy (non-hydrogen) atoms. The summed E-state index contributed by atoms with van der Waals surface area (Å²) in [5, 5.41) is 1.99. The maximum atomic E-state index is 6.35. The minimum atomic E-state index is -0.0162. The highest BCUT2D eigenvalue weighted by atomic mass is 16.3. The van der Waals surface area contributed by atoms with Crippen LogP contribution in [0, 0.1) is 0 Å². The summed E-state index contributed by atoms with van der Waals surface area (Å²) in [6, 6.07) is 48.7. The summed E-state index contributed by atoms with van der Waals surface area (Å²) in [5.74, 6) is 0.669. The van der Waals surface area contributed by atoms with Crippen LogP contribution in [0.2, 0.25) is 0 Å². The lowest BCUT2D eigenvalue weighted by Gasteiger charge is -2.36. The fraction of sp³-hybridized carbons (Fsp3) is 0.184. The first-order valence-corrected chi connectivity index (χ1v) is 18.8. The molecule has 2 heterocycles. The molecule has 0 amide bonds. The first-order valence-electron chi connectivity index (χ1n) is 18.8. The van der Waals surface area contributed by atoms with Crippen molar-refractivity contribution in [3.8, 4) is 56.0 Å². The van der Waals surface area contributed by atoms with Gasteiger partial charge < -0.3 is 4.42 Å².